The highest BCUT2D eigenvalue weighted by Crippen LogP contribution is 2.46. The van der Waals surface area contributed by atoms with Gasteiger partial charge in [-0.05, 0) is 38.5 Å². The van der Waals surface area contributed by atoms with Gasteiger partial charge in [-0.2, -0.15) is 0 Å². The Morgan fingerprint density at radius 1 is 1.36 bits per heavy atom. The van der Waals surface area contributed by atoms with Crippen LogP contribution >= 0.6 is 0 Å². The van der Waals surface area contributed by atoms with E-state index in [9.17, 15) is 4.79 Å². The molecule has 0 aliphatic heterocycles. The second-order valence-corrected chi connectivity index (χ2v) is 4.93. The average molecular weight is 196 g/mol. The van der Waals surface area contributed by atoms with Crippen LogP contribution in [0.3, 0.4) is 0 Å². The van der Waals surface area contributed by atoms with Gasteiger partial charge in [0.25, 0.3) is 0 Å². The first-order valence-corrected chi connectivity index (χ1v) is 5.69. The summed E-state index contributed by atoms with van der Waals surface area (Å²) in [6.07, 6.45) is 6.57. The zero-order valence-electron chi connectivity index (χ0n) is 8.94. The summed E-state index contributed by atoms with van der Waals surface area (Å²) < 4.78 is 0. The minimum Gasteiger partial charge on any atom is -0.350 e. The van der Waals surface area contributed by atoms with Crippen molar-refractivity contribution in [1.82, 2.24) is 5.32 Å². The molecule has 3 nitrogen and oxygen atoms in total. The van der Waals surface area contributed by atoms with Crippen LogP contribution < -0.4 is 11.1 Å². The van der Waals surface area contributed by atoms with Crippen molar-refractivity contribution >= 4 is 5.91 Å². The van der Waals surface area contributed by atoms with Crippen LogP contribution in [0.1, 0.15) is 45.4 Å². The van der Waals surface area contributed by atoms with Crippen LogP contribution in [0.5, 0.6) is 0 Å². The summed E-state index contributed by atoms with van der Waals surface area (Å²) in [6.45, 7) is 2.67. The van der Waals surface area contributed by atoms with E-state index >= 15 is 0 Å². The Kier molecular flexibility index (Phi) is 2.30. The Morgan fingerprint density at radius 2 is 2.00 bits per heavy atom. The van der Waals surface area contributed by atoms with Gasteiger partial charge in [0.05, 0.1) is 5.41 Å². The first kappa shape index (κ1) is 9.97. The van der Waals surface area contributed by atoms with Crippen molar-refractivity contribution in [3.05, 3.63) is 0 Å². The zero-order valence-corrected chi connectivity index (χ0v) is 8.94. The molecule has 2 aliphatic carbocycles. The monoisotopic (exact) mass is 196 g/mol. The van der Waals surface area contributed by atoms with Gasteiger partial charge in [-0.15, -0.1) is 0 Å². The standard InChI is InChI=1S/C11H20N2O/c1-2-11(4-3-5-11)13-9(14)10(8-12)6-7-10/h2-8,12H2,1H3,(H,13,14). The fraction of sp³-hybridized carbons (Fsp3) is 0.909. The van der Waals surface area contributed by atoms with E-state index in [2.05, 4.69) is 12.2 Å². The molecule has 2 aliphatic rings. The quantitative estimate of drug-likeness (QED) is 0.709. The third-order valence-corrected chi connectivity index (χ3v) is 4.09. The van der Waals surface area contributed by atoms with E-state index in [1.54, 1.807) is 0 Å². The Labute approximate surface area is 85.4 Å². The Hall–Kier alpha value is -0.570. The molecule has 2 rings (SSSR count). The highest BCUT2D eigenvalue weighted by Gasteiger charge is 2.51. The number of carbonyl (C=O) groups excluding carboxylic acids is 1. The molecule has 3 heteroatoms. The summed E-state index contributed by atoms with van der Waals surface area (Å²) in [4.78, 5) is 11.9. The molecule has 0 bridgehead atoms. The number of nitrogens with one attached hydrogen (secondary N) is 1. The molecule has 14 heavy (non-hydrogen) atoms. The van der Waals surface area contributed by atoms with Crippen molar-refractivity contribution in [2.45, 2.75) is 51.0 Å². The van der Waals surface area contributed by atoms with Crippen LogP contribution in [-0.2, 0) is 4.79 Å². The van der Waals surface area contributed by atoms with Crippen LogP contribution in [0.25, 0.3) is 0 Å². The number of rotatable bonds is 4. The number of nitrogens with two attached hydrogens (primary N) is 1. The van der Waals surface area contributed by atoms with E-state index in [-0.39, 0.29) is 16.9 Å². The van der Waals surface area contributed by atoms with Gasteiger partial charge in [0.15, 0.2) is 0 Å². The van der Waals surface area contributed by atoms with Crippen LogP contribution in [0.15, 0.2) is 0 Å². The third-order valence-electron chi connectivity index (χ3n) is 4.09. The molecule has 0 heterocycles. The topological polar surface area (TPSA) is 55.1 Å². The summed E-state index contributed by atoms with van der Waals surface area (Å²) >= 11 is 0. The maximum Gasteiger partial charge on any atom is 0.227 e. The average Bonchev–Trinajstić information content (AvgIpc) is 2.91. The molecular weight excluding hydrogens is 176 g/mol. The lowest BCUT2D eigenvalue weighted by molar-refractivity contribution is -0.129. The summed E-state index contributed by atoms with van der Waals surface area (Å²) in [5.41, 5.74) is 5.57. The molecule has 0 aromatic heterocycles. The lowest BCUT2D eigenvalue weighted by Gasteiger charge is -2.42. The highest BCUT2D eigenvalue weighted by atomic mass is 16.2. The van der Waals surface area contributed by atoms with Gasteiger partial charge in [-0.1, -0.05) is 6.92 Å². The fourth-order valence-electron chi connectivity index (χ4n) is 2.22. The molecule has 0 aromatic rings. The first-order chi connectivity index (χ1) is 6.66. The molecular formula is C11H20N2O. The molecule has 2 saturated carbocycles. The van der Waals surface area contributed by atoms with Crippen LogP contribution in [0.2, 0.25) is 0 Å². The predicted octanol–water partition coefficient (Wildman–Crippen LogP) is 1.17. The van der Waals surface area contributed by atoms with E-state index < -0.39 is 0 Å². The molecule has 0 unspecified atom stereocenters. The van der Waals surface area contributed by atoms with Crippen LogP contribution in [-0.4, -0.2) is 18.0 Å². The summed E-state index contributed by atoms with van der Waals surface area (Å²) in [5.74, 6) is 0.210. The number of amides is 1. The molecule has 3 N–H and O–H groups in total. The van der Waals surface area contributed by atoms with Crippen molar-refractivity contribution < 1.29 is 4.79 Å². The van der Waals surface area contributed by atoms with Gasteiger partial charge < -0.3 is 11.1 Å². The Morgan fingerprint density at radius 3 is 2.29 bits per heavy atom. The molecule has 0 aromatic carbocycles. The lowest BCUT2D eigenvalue weighted by Crippen LogP contribution is -2.55. The van der Waals surface area contributed by atoms with E-state index in [1.807, 2.05) is 0 Å². The van der Waals surface area contributed by atoms with Crippen molar-refractivity contribution in [1.29, 1.82) is 0 Å². The largest absolute Gasteiger partial charge is 0.350 e. The van der Waals surface area contributed by atoms with E-state index in [0.717, 1.165) is 32.1 Å². The van der Waals surface area contributed by atoms with Crippen molar-refractivity contribution in [3.8, 4) is 0 Å². The van der Waals surface area contributed by atoms with Gasteiger partial charge >= 0.3 is 0 Å². The zero-order chi connectivity index (χ0) is 10.2. The molecule has 80 valence electrons. The van der Waals surface area contributed by atoms with Crippen molar-refractivity contribution in [2.24, 2.45) is 11.1 Å². The minimum atomic E-state index is -0.183. The fourth-order valence-corrected chi connectivity index (χ4v) is 2.22. The van der Waals surface area contributed by atoms with Gasteiger partial charge in [0, 0.05) is 12.1 Å². The SMILES string of the molecule is CCC1(NC(=O)C2(CN)CC2)CCC1. The summed E-state index contributed by atoms with van der Waals surface area (Å²) in [5, 5.41) is 3.21. The minimum absolute atomic E-state index is 0.127. The molecule has 1 amide bonds. The van der Waals surface area contributed by atoms with Crippen LogP contribution in [0.4, 0.5) is 0 Å². The number of hydrogen-bond donors (Lipinski definition) is 2. The third kappa shape index (κ3) is 1.44. The van der Waals surface area contributed by atoms with E-state index in [4.69, 9.17) is 5.73 Å². The lowest BCUT2D eigenvalue weighted by atomic mass is 9.74. The molecule has 0 spiro atoms. The summed E-state index contributed by atoms with van der Waals surface area (Å²) in [6, 6.07) is 0. The second kappa shape index (κ2) is 3.23. The molecule has 2 fully saturated rings. The number of hydrogen-bond acceptors (Lipinski definition) is 2. The highest BCUT2D eigenvalue weighted by molar-refractivity contribution is 5.86. The smallest absolute Gasteiger partial charge is 0.227 e. The van der Waals surface area contributed by atoms with E-state index in [1.165, 1.54) is 6.42 Å². The Bertz CT molecular complexity index is 236. The van der Waals surface area contributed by atoms with Gasteiger partial charge in [0.1, 0.15) is 0 Å². The van der Waals surface area contributed by atoms with Gasteiger partial charge in [-0.25, -0.2) is 0 Å². The van der Waals surface area contributed by atoms with E-state index in [0.29, 0.717) is 6.54 Å². The molecule has 0 atom stereocenters. The second-order valence-electron chi connectivity index (χ2n) is 4.93. The maximum absolute atomic E-state index is 11.9. The maximum atomic E-state index is 11.9. The van der Waals surface area contributed by atoms with Gasteiger partial charge in [0.2, 0.25) is 5.91 Å². The predicted molar refractivity (Wildman–Crippen MR) is 55.7 cm³/mol. The van der Waals surface area contributed by atoms with Gasteiger partial charge in [-0.3, -0.25) is 4.79 Å². The number of carbonyl (C=O) groups is 1. The van der Waals surface area contributed by atoms with Crippen LogP contribution in [0, 0.1) is 5.41 Å². The van der Waals surface area contributed by atoms with Crippen molar-refractivity contribution in [2.75, 3.05) is 6.54 Å². The molecule has 0 radical (unpaired) electrons. The molecule has 0 saturated heterocycles. The Balaban J connectivity index is 1.94. The van der Waals surface area contributed by atoms with Crippen molar-refractivity contribution in [3.63, 3.8) is 0 Å². The first-order valence-electron chi connectivity index (χ1n) is 5.69. The summed E-state index contributed by atoms with van der Waals surface area (Å²) in [7, 11) is 0. The normalized spacial score (nSPS) is 26.4.